The zero-order valence-corrected chi connectivity index (χ0v) is 28.1. The Hall–Kier alpha value is -5.08. The Bertz CT molecular complexity index is 2520. The molecular weight excluding hydrogens is 569 g/mol. The summed E-state index contributed by atoms with van der Waals surface area (Å²) in [6.07, 6.45) is 0. The van der Waals surface area contributed by atoms with Crippen LogP contribution in [0.1, 0.15) is 52.7 Å². The topological polar surface area (TPSA) is 9.86 Å². The van der Waals surface area contributed by atoms with Crippen LogP contribution in [0.15, 0.2) is 133 Å². The van der Waals surface area contributed by atoms with Gasteiger partial charge in [0.1, 0.15) is 0 Å². The molecule has 0 fully saturated rings. The van der Waals surface area contributed by atoms with E-state index in [0.717, 1.165) is 0 Å². The maximum Gasteiger partial charge on any atom is 0.0547 e. The molecule has 0 aliphatic heterocycles. The second-order valence-corrected chi connectivity index (χ2v) is 15.1. The van der Waals surface area contributed by atoms with E-state index in [4.69, 9.17) is 0 Å². The zero-order chi connectivity index (χ0) is 32.3. The zero-order valence-electron chi connectivity index (χ0n) is 28.1. The number of para-hydroxylation sites is 3. The van der Waals surface area contributed by atoms with Crippen molar-refractivity contribution in [2.75, 3.05) is 0 Å². The molecule has 2 heterocycles. The predicted octanol–water partition coefficient (Wildman–Crippen LogP) is 12.1. The molecule has 0 atom stereocenters. The lowest BCUT2D eigenvalue weighted by Crippen LogP contribution is -2.42. The van der Waals surface area contributed by atoms with Gasteiger partial charge in [-0.2, -0.15) is 0 Å². The van der Waals surface area contributed by atoms with E-state index in [1.807, 2.05) is 0 Å². The van der Waals surface area contributed by atoms with Crippen LogP contribution in [0.25, 0.3) is 66.1 Å². The quantitative estimate of drug-likeness (QED) is 0.189. The predicted molar refractivity (Wildman–Crippen MR) is 200 cm³/mol. The normalized spacial score (nSPS) is 16.4. The van der Waals surface area contributed by atoms with Crippen molar-refractivity contribution >= 4 is 43.6 Å². The molecule has 2 nitrogen and oxygen atoms in total. The average molecular weight is 609 g/mol. The molecule has 230 valence electrons. The molecule has 0 N–H and O–H groups in total. The molecule has 0 radical (unpaired) electrons. The smallest absolute Gasteiger partial charge is 0.0547 e. The molecule has 47 heavy (non-hydrogen) atoms. The van der Waals surface area contributed by atoms with Crippen molar-refractivity contribution in [2.24, 2.45) is 5.41 Å². The van der Waals surface area contributed by atoms with Gasteiger partial charge in [-0.05, 0) is 99.2 Å². The number of rotatable bonds is 3. The lowest BCUT2D eigenvalue weighted by molar-refractivity contribution is 0.125. The molecule has 0 spiro atoms. The van der Waals surface area contributed by atoms with Gasteiger partial charge in [-0.3, -0.25) is 0 Å². The molecule has 0 bridgehead atoms. The monoisotopic (exact) mass is 608 g/mol. The fourth-order valence-corrected chi connectivity index (χ4v) is 8.69. The van der Waals surface area contributed by atoms with Crippen LogP contribution in [0.3, 0.4) is 0 Å². The highest BCUT2D eigenvalue weighted by atomic mass is 15.0. The Morgan fingerprint density at radius 1 is 0.404 bits per heavy atom. The minimum Gasteiger partial charge on any atom is -0.309 e. The Labute approximate surface area is 276 Å². The van der Waals surface area contributed by atoms with Gasteiger partial charge in [-0.15, -0.1) is 0 Å². The molecule has 2 heteroatoms. The Balaban J connectivity index is 1.37. The van der Waals surface area contributed by atoms with Crippen LogP contribution in [0.4, 0.5) is 0 Å². The van der Waals surface area contributed by atoms with Crippen molar-refractivity contribution in [2.45, 2.75) is 52.4 Å². The summed E-state index contributed by atoms with van der Waals surface area (Å²) in [6, 6.07) is 49.4. The number of hydrogen-bond acceptors (Lipinski definition) is 0. The molecule has 0 saturated carbocycles. The second-order valence-electron chi connectivity index (χ2n) is 15.1. The van der Waals surface area contributed by atoms with Crippen molar-refractivity contribution in [1.82, 2.24) is 9.13 Å². The van der Waals surface area contributed by atoms with Crippen LogP contribution in [-0.4, -0.2) is 9.13 Å². The first-order valence-corrected chi connectivity index (χ1v) is 16.9. The summed E-state index contributed by atoms with van der Waals surface area (Å²) in [7, 11) is 0. The van der Waals surface area contributed by atoms with Crippen molar-refractivity contribution < 1.29 is 0 Å². The molecule has 2 aromatic heterocycles. The van der Waals surface area contributed by atoms with Crippen molar-refractivity contribution in [1.29, 1.82) is 0 Å². The summed E-state index contributed by atoms with van der Waals surface area (Å²) in [5.74, 6) is 0. The second kappa shape index (κ2) is 9.48. The molecular formula is C45H40N2. The summed E-state index contributed by atoms with van der Waals surface area (Å²) >= 11 is 0. The van der Waals surface area contributed by atoms with Gasteiger partial charge in [0.2, 0.25) is 0 Å². The molecule has 0 unspecified atom stereocenters. The third kappa shape index (κ3) is 3.62. The van der Waals surface area contributed by atoms with Crippen LogP contribution in [-0.2, 0) is 10.8 Å². The summed E-state index contributed by atoms with van der Waals surface area (Å²) < 4.78 is 4.88. The van der Waals surface area contributed by atoms with Crippen LogP contribution < -0.4 is 0 Å². The lowest BCUT2D eigenvalue weighted by atomic mass is 9.59. The summed E-state index contributed by atoms with van der Waals surface area (Å²) in [4.78, 5) is 0. The van der Waals surface area contributed by atoms with E-state index in [1.54, 1.807) is 0 Å². The number of benzene rings is 6. The van der Waals surface area contributed by atoms with Crippen LogP contribution in [0, 0.1) is 5.41 Å². The number of nitrogens with zero attached hydrogens (tertiary/aromatic N) is 2. The third-order valence-electron chi connectivity index (χ3n) is 12.4. The highest BCUT2D eigenvalue weighted by Crippen LogP contribution is 2.62. The molecule has 8 aromatic rings. The Kier molecular flexibility index (Phi) is 5.68. The fourth-order valence-electron chi connectivity index (χ4n) is 8.69. The standard InChI is InChI=1S/C45H40N2/c1-43(2)36-27-35-34-26-29(32-21-15-23-40-42(32)33-20-13-14-22-38(33)46(40)30-16-9-7-10-17-30)24-25-39(34)47(31-18-11-8-12-19-31)41(35)28-37(36)44(3,4)45(43,5)6/h7-28H,1-6H3. The van der Waals surface area contributed by atoms with E-state index in [2.05, 4.69) is 184 Å². The van der Waals surface area contributed by atoms with E-state index in [0.29, 0.717) is 0 Å². The molecule has 0 amide bonds. The SMILES string of the molecule is CC1(C)c2cc3c4cc(-c5cccc6c5c5ccccc5n6-c5ccccc5)ccc4n(-c4ccccc4)c3cc2C(C)(C)C1(C)C. The lowest BCUT2D eigenvalue weighted by Gasteiger charge is -2.44. The van der Waals surface area contributed by atoms with E-state index >= 15 is 0 Å². The largest absolute Gasteiger partial charge is 0.309 e. The molecule has 1 aliphatic rings. The van der Waals surface area contributed by atoms with Gasteiger partial charge in [0, 0.05) is 32.9 Å². The maximum absolute atomic E-state index is 2.54. The Morgan fingerprint density at radius 2 is 0.936 bits per heavy atom. The summed E-state index contributed by atoms with van der Waals surface area (Å²) in [5.41, 5.74) is 13.0. The van der Waals surface area contributed by atoms with Gasteiger partial charge in [0.15, 0.2) is 0 Å². The van der Waals surface area contributed by atoms with Crippen LogP contribution in [0.5, 0.6) is 0 Å². The van der Waals surface area contributed by atoms with Gasteiger partial charge < -0.3 is 9.13 Å². The minimum atomic E-state index is 0.0314. The fraction of sp³-hybridized carbons (Fsp3) is 0.200. The molecule has 0 saturated heterocycles. The van der Waals surface area contributed by atoms with E-state index < -0.39 is 0 Å². The molecule has 9 rings (SSSR count). The van der Waals surface area contributed by atoms with E-state index in [9.17, 15) is 0 Å². The van der Waals surface area contributed by atoms with Crippen LogP contribution in [0.2, 0.25) is 0 Å². The van der Waals surface area contributed by atoms with Crippen molar-refractivity contribution in [3.8, 4) is 22.5 Å². The molecule has 6 aromatic carbocycles. The number of hydrogen-bond donors (Lipinski definition) is 0. The summed E-state index contributed by atoms with van der Waals surface area (Å²) in [6.45, 7) is 14.7. The van der Waals surface area contributed by atoms with Gasteiger partial charge in [0.25, 0.3) is 0 Å². The van der Waals surface area contributed by atoms with Crippen molar-refractivity contribution in [3.63, 3.8) is 0 Å². The van der Waals surface area contributed by atoms with E-state index in [1.165, 1.54) is 77.2 Å². The first-order valence-electron chi connectivity index (χ1n) is 16.9. The minimum absolute atomic E-state index is 0.0314. The van der Waals surface area contributed by atoms with Gasteiger partial charge >= 0.3 is 0 Å². The summed E-state index contributed by atoms with van der Waals surface area (Å²) in [5, 5.41) is 5.19. The molecule has 1 aliphatic carbocycles. The van der Waals surface area contributed by atoms with E-state index in [-0.39, 0.29) is 16.2 Å². The van der Waals surface area contributed by atoms with Gasteiger partial charge in [-0.25, -0.2) is 0 Å². The highest BCUT2D eigenvalue weighted by molar-refractivity contribution is 6.17. The maximum atomic E-state index is 2.54. The average Bonchev–Trinajstić information content (AvgIpc) is 3.63. The first kappa shape index (κ1) is 28.2. The highest BCUT2D eigenvalue weighted by Gasteiger charge is 2.57. The van der Waals surface area contributed by atoms with Gasteiger partial charge in [-0.1, -0.05) is 114 Å². The van der Waals surface area contributed by atoms with Crippen LogP contribution >= 0.6 is 0 Å². The Morgan fingerprint density at radius 3 is 1.62 bits per heavy atom. The van der Waals surface area contributed by atoms with Gasteiger partial charge in [0.05, 0.1) is 22.1 Å². The first-order chi connectivity index (χ1) is 22.6. The third-order valence-corrected chi connectivity index (χ3v) is 12.4. The number of fused-ring (bicyclic) bond motifs is 7. The number of aromatic nitrogens is 2. The van der Waals surface area contributed by atoms with Crippen molar-refractivity contribution in [3.05, 3.63) is 145 Å².